The molecule has 2 rings (SSSR count). The SMILES string of the molecule is CC(C)c1ccc(OC(C)(Cc2ccc(C(F)(F)F)cc2)C(=O)O)cc1. The summed E-state index contributed by atoms with van der Waals surface area (Å²) in [6.45, 7) is 5.49. The molecule has 0 aliphatic rings. The standard InChI is InChI=1S/C20H21F3O3/c1-13(2)15-6-10-17(11-7-15)26-19(3,18(24)25)12-14-4-8-16(9-5-14)20(21,22)23/h4-11,13H,12H2,1-3H3,(H,24,25). The van der Waals surface area contributed by atoms with E-state index in [1.165, 1.54) is 19.1 Å². The Morgan fingerprint density at radius 3 is 2.00 bits per heavy atom. The molecule has 0 radical (unpaired) electrons. The van der Waals surface area contributed by atoms with Crippen LogP contribution in [0.25, 0.3) is 0 Å². The summed E-state index contributed by atoms with van der Waals surface area (Å²) >= 11 is 0. The molecule has 2 aromatic carbocycles. The van der Waals surface area contributed by atoms with Gasteiger partial charge in [-0.3, -0.25) is 0 Å². The second-order valence-electron chi connectivity index (χ2n) is 6.73. The van der Waals surface area contributed by atoms with Gasteiger partial charge < -0.3 is 9.84 Å². The highest BCUT2D eigenvalue weighted by Crippen LogP contribution is 2.30. The van der Waals surface area contributed by atoms with E-state index in [9.17, 15) is 23.1 Å². The third-order valence-electron chi connectivity index (χ3n) is 4.17. The first-order valence-corrected chi connectivity index (χ1v) is 8.20. The third kappa shape index (κ3) is 4.77. The van der Waals surface area contributed by atoms with Crippen LogP contribution in [0.2, 0.25) is 0 Å². The number of hydrogen-bond acceptors (Lipinski definition) is 2. The Hall–Kier alpha value is -2.50. The van der Waals surface area contributed by atoms with Crippen LogP contribution in [0.4, 0.5) is 13.2 Å². The molecular weight excluding hydrogens is 345 g/mol. The number of carboxylic acid groups (broad SMARTS) is 1. The Bertz CT molecular complexity index is 749. The molecule has 1 unspecified atom stereocenters. The zero-order chi connectivity index (χ0) is 19.5. The van der Waals surface area contributed by atoms with Crippen molar-refractivity contribution in [3.05, 3.63) is 65.2 Å². The predicted molar refractivity (Wildman–Crippen MR) is 92.3 cm³/mol. The van der Waals surface area contributed by atoms with Crippen LogP contribution in [0, 0.1) is 0 Å². The molecule has 0 amide bonds. The number of hydrogen-bond donors (Lipinski definition) is 1. The van der Waals surface area contributed by atoms with Crippen molar-refractivity contribution in [1.29, 1.82) is 0 Å². The smallest absolute Gasteiger partial charge is 0.416 e. The molecule has 0 saturated carbocycles. The topological polar surface area (TPSA) is 46.5 Å². The Morgan fingerprint density at radius 1 is 1.04 bits per heavy atom. The van der Waals surface area contributed by atoms with Gasteiger partial charge in [0.05, 0.1) is 5.56 Å². The Balaban J connectivity index is 2.20. The van der Waals surface area contributed by atoms with Gasteiger partial charge >= 0.3 is 12.1 Å². The summed E-state index contributed by atoms with van der Waals surface area (Å²) in [4.78, 5) is 11.7. The zero-order valence-electron chi connectivity index (χ0n) is 14.8. The van der Waals surface area contributed by atoms with Crippen molar-refractivity contribution >= 4 is 5.97 Å². The highest BCUT2D eigenvalue weighted by Gasteiger charge is 2.36. The highest BCUT2D eigenvalue weighted by atomic mass is 19.4. The van der Waals surface area contributed by atoms with Gasteiger partial charge in [-0.1, -0.05) is 38.1 Å². The average molecular weight is 366 g/mol. The van der Waals surface area contributed by atoms with E-state index < -0.39 is 23.3 Å². The van der Waals surface area contributed by atoms with E-state index >= 15 is 0 Å². The molecule has 0 fully saturated rings. The quantitative estimate of drug-likeness (QED) is 0.755. The predicted octanol–water partition coefficient (Wildman–Crippen LogP) is 5.29. The van der Waals surface area contributed by atoms with Crippen molar-refractivity contribution in [1.82, 2.24) is 0 Å². The Morgan fingerprint density at radius 2 is 1.58 bits per heavy atom. The molecule has 0 aromatic heterocycles. The van der Waals surface area contributed by atoms with Crippen molar-refractivity contribution in [2.24, 2.45) is 0 Å². The third-order valence-corrected chi connectivity index (χ3v) is 4.17. The first-order chi connectivity index (χ1) is 12.0. The minimum atomic E-state index is -4.43. The normalized spacial score (nSPS) is 14.1. The van der Waals surface area contributed by atoms with Gasteiger partial charge in [-0.15, -0.1) is 0 Å². The molecule has 0 saturated heterocycles. The molecule has 0 bridgehead atoms. The monoisotopic (exact) mass is 366 g/mol. The van der Waals surface area contributed by atoms with Gasteiger partial charge in [0.1, 0.15) is 5.75 Å². The fourth-order valence-electron chi connectivity index (χ4n) is 2.54. The van der Waals surface area contributed by atoms with E-state index in [1.807, 2.05) is 26.0 Å². The second-order valence-corrected chi connectivity index (χ2v) is 6.73. The van der Waals surface area contributed by atoms with Crippen LogP contribution in [0.3, 0.4) is 0 Å². The summed E-state index contributed by atoms with van der Waals surface area (Å²) < 4.78 is 43.6. The number of carbonyl (C=O) groups is 1. The van der Waals surface area contributed by atoms with E-state index in [-0.39, 0.29) is 6.42 Å². The lowest BCUT2D eigenvalue weighted by Gasteiger charge is -2.27. The molecule has 1 atom stereocenters. The van der Waals surface area contributed by atoms with Crippen LogP contribution in [-0.4, -0.2) is 16.7 Å². The first kappa shape index (κ1) is 19.8. The molecule has 0 heterocycles. The van der Waals surface area contributed by atoms with E-state index in [2.05, 4.69) is 0 Å². The van der Waals surface area contributed by atoms with Gasteiger partial charge in [0.25, 0.3) is 0 Å². The van der Waals surface area contributed by atoms with Crippen LogP contribution in [0.1, 0.15) is 43.4 Å². The lowest BCUT2D eigenvalue weighted by Crippen LogP contribution is -2.43. The van der Waals surface area contributed by atoms with Crippen LogP contribution in [0.15, 0.2) is 48.5 Å². The lowest BCUT2D eigenvalue weighted by molar-refractivity contribution is -0.153. The van der Waals surface area contributed by atoms with Gasteiger partial charge in [-0.2, -0.15) is 13.2 Å². The van der Waals surface area contributed by atoms with E-state index in [1.54, 1.807) is 12.1 Å². The van der Waals surface area contributed by atoms with Crippen molar-refractivity contribution < 1.29 is 27.8 Å². The molecule has 26 heavy (non-hydrogen) atoms. The average Bonchev–Trinajstić information content (AvgIpc) is 2.54. The Labute approximate surface area is 150 Å². The van der Waals surface area contributed by atoms with Crippen LogP contribution >= 0.6 is 0 Å². The number of aliphatic carboxylic acids is 1. The summed E-state index contributed by atoms with van der Waals surface area (Å²) in [6, 6.07) is 11.5. The molecule has 0 aliphatic heterocycles. The second kappa shape index (κ2) is 7.40. The number of ether oxygens (including phenoxy) is 1. The Kier molecular flexibility index (Phi) is 5.64. The fraction of sp³-hybridized carbons (Fsp3) is 0.350. The van der Waals surface area contributed by atoms with Crippen molar-refractivity contribution in [3.8, 4) is 5.75 Å². The summed E-state index contributed by atoms with van der Waals surface area (Å²) in [6.07, 6.45) is -4.49. The minimum Gasteiger partial charge on any atom is -0.478 e. The van der Waals surface area contributed by atoms with Gasteiger partial charge in [-0.25, -0.2) is 4.79 Å². The van der Waals surface area contributed by atoms with Crippen molar-refractivity contribution in [2.45, 2.75) is 44.9 Å². The molecule has 140 valence electrons. The highest BCUT2D eigenvalue weighted by molar-refractivity contribution is 5.78. The first-order valence-electron chi connectivity index (χ1n) is 8.20. The molecule has 2 aromatic rings. The van der Waals surface area contributed by atoms with Crippen LogP contribution in [0.5, 0.6) is 5.75 Å². The maximum absolute atomic E-state index is 12.6. The molecule has 6 heteroatoms. The summed E-state index contributed by atoms with van der Waals surface area (Å²) in [5.74, 6) is -0.460. The maximum Gasteiger partial charge on any atom is 0.416 e. The molecule has 1 N–H and O–H groups in total. The zero-order valence-corrected chi connectivity index (χ0v) is 14.8. The summed E-state index contributed by atoms with van der Waals surface area (Å²) in [5.41, 5.74) is -0.832. The molecular formula is C20H21F3O3. The maximum atomic E-state index is 12.6. The van der Waals surface area contributed by atoms with Crippen molar-refractivity contribution in [2.75, 3.05) is 0 Å². The number of rotatable bonds is 6. The van der Waals surface area contributed by atoms with Crippen LogP contribution in [-0.2, 0) is 17.4 Å². The van der Waals surface area contributed by atoms with Crippen LogP contribution < -0.4 is 4.74 Å². The van der Waals surface area contributed by atoms with Gasteiger partial charge in [0, 0.05) is 6.42 Å². The van der Waals surface area contributed by atoms with Gasteiger partial charge in [0.15, 0.2) is 0 Å². The lowest BCUT2D eigenvalue weighted by atomic mass is 9.95. The number of halogens is 3. The summed E-state index contributed by atoms with van der Waals surface area (Å²) in [5, 5.41) is 9.58. The molecule has 0 spiro atoms. The van der Waals surface area contributed by atoms with Crippen molar-refractivity contribution in [3.63, 3.8) is 0 Å². The molecule has 3 nitrogen and oxygen atoms in total. The number of carboxylic acids is 1. The van der Waals surface area contributed by atoms with Gasteiger partial charge in [0.2, 0.25) is 5.60 Å². The van der Waals surface area contributed by atoms with E-state index in [0.717, 1.165) is 17.7 Å². The molecule has 0 aliphatic carbocycles. The summed E-state index contributed by atoms with van der Waals surface area (Å²) in [7, 11) is 0. The minimum absolute atomic E-state index is 0.0631. The fourth-order valence-corrected chi connectivity index (χ4v) is 2.54. The largest absolute Gasteiger partial charge is 0.478 e. The van der Waals surface area contributed by atoms with Gasteiger partial charge in [-0.05, 0) is 48.2 Å². The number of alkyl halides is 3. The van der Waals surface area contributed by atoms with E-state index in [0.29, 0.717) is 17.2 Å². The number of benzene rings is 2. The van der Waals surface area contributed by atoms with E-state index in [4.69, 9.17) is 4.74 Å².